The summed E-state index contributed by atoms with van der Waals surface area (Å²) in [5.41, 5.74) is 3.95. The average molecular weight is 200 g/mol. The molecule has 2 N–H and O–H groups in total. The van der Waals surface area contributed by atoms with E-state index in [1.807, 2.05) is 0 Å². The maximum atomic E-state index is 3.55. The number of benzene rings is 1. The molecular formula is C13H16N2. The first-order valence-corrected chi connectivity index (χ1v) is 5.63. The van der Waals surface area contributed by atoms with E-state index in [9.17, 15) is 0 Å². The van der Waals surface area contributed by atoms with Crippen LogP contribution in [0, 0.1) is 6.92 Å². The minimum atomic E-state index is 0.778. The van der Waals surface area contributed by atoms with Gasteiger partial charge in [-0.15, -0.1) is 0 Å². The number of aryl methyl sites for hydroxylation is 1. The number of rotatable bonds is 3. The van der Waals surface area contributed by atoms with Gasteiger partial charge in [0.2, 0.25) is 0 Å². The Morgan fingerprint density at radius 1 is 1.40 bits per heavy atom. The van der Waals surface area contributed by atoms with Gasteiger partial charge in [-0.2, -0.15) is 0 Å². The summed E-state index contributed by atoms with van der Waals surface area (Å²) in [5, 5.41) is 4.90. The molecule has 2 nitrogen and oxygen atoms in total. The third-order valence-corrected chi connectivity index (χ3v) is 3.08. The SMILES string of the molecule is Cc1ccc2c(CNC3CC3)c[nH]c2c1. The number of fused-ring (bicyclic) bond motifs is 1. The summed E-state index contributed by atoms with van der Waals surface area (Å²) in [4.78, 5) is 3.33. The van der Waals surface area contributed by atoms with Crippen molar-refractivity contribution in [1.82, 2.24) is 10.3 Å². The van der Waals surface area contributed by atoms with Gasteiger partial charge in [0.1, 0.15) is 0 Å². The molecule has 1 aromatic heterocycles. The molecule has 1 aliphatic carbocycles. The highest BCUT2D eigenvalue weighted by Gasteiger charge is 2.20. The Labute approximate surface area is 89.7 Å². The fraction of sp³-hybridized carbons (Fsp3) is 0.385. The lowest BCUT2D eigenvalue weighted by Crippen LogP contribution is -2.14. The van der Waals surface area contributed by atoms with Gasteiger partial charge in [0.15, 0.2) is 0 Å². The second-order valence-corrected chi connectivity index (χ2v) is 4.52. The van der Waals surface area contributed by atoms with Crippen LogP contribution < -0.4 is 5.32 Å². The van der Waals surface area contributed by atoms with E-state index in [1.54, 1.807) is 0 Å². The van der Waals surface area contributed by atoms with Crippen LogP contribution in [0.1, 0.15) is 24.0 Å². The zero-order valence-corrected chi connectivity index (χ0v) is 9.01. The molecule has 15 heavy (non-hydrogen) atoms. The number of H-pyrrole nitrogens is 1. The molecule has 0 aliphatic heterocycles. The van der Waals surface area contributed by atoms with Crippen LogP contribution in [0.3, 0.4) is 0 Å². The van der Waals surface area contributed by atoms with E-state index in [-0.39, 0.29) is 0 Å². The molecule has 1 aliphatic rings. The van der Waals surface area contributed by atoms with Crippen molar-refractivity contribution in [3.05, 3.63) is 35.5 Å². The second kappa shape index (κ2) is 3.38. The largest absolute Gasteiger partial charge is 0.361 e. The third-order valence-electron chi connectivity index (χ3n) is 3.08. The molecule has 1 saturated carbocycles. The maximum Gasteiger partial charge on any atom is 0.0459 e. The molecule has 3 rings (SSSR count). The summed E-state index contributed by atoms with van der Waals surface area (Å²) in [6.45, 7) is 3.12. The molecule has 0 unspecified atom stereocenters. The molecule has 1 aromatic carbocycles. The van der Waals surface area contributed by atoms with Gasteiger partial charge in [0, 0.05) is 29.7 Å². The van der Waals surface area contributed by atoms with Gasteiger partial charge in [-0.05, 0) is 37.0 Å². The normalized spacial score (nSPS) is 16.1. The minimum Gasteiger partial charge on any atom is -0.361 e. The van der Waals surface area contributed by atoms with Crippen LogP contribution in [-0.4, -0.2) is 11.0 Å². The van der Waals surface area contributed by atoms with E-state index in [1.165, 1.54) is 34.9 Å². The van der Waals surface area contributed by atoms with Crippen LogP contribution in [0.25, 0.3) is 10.9 Å². The van der Waals surface area contributed by atoms with Gasteiger partial charge in [-0.25, -0.2) is 0 Å². The molecule has 2 heteroatoms. The van der Waals surface area contributed by atoms with Gasteiger partial charge in [-0.1, -0.05) is 12.1 Å². The number of hydrogen-bond donors (Lipinski definition) is 2. The van der Waals surface area contributed by atoms with Crippen molar-refractivity contribution < 1.29 is 0 Å². The molecule has 0 atom stereocenters. The Bertz CT molecular complexity index is 480. The molecule has 0 radical (unpaired) electrons. The smallest absolute Gasteiger partial charge is 0.0459 e. The van der Waals surface area contributed by atoms with E-state index < -0.39 is 0 Å². The van der Waals surface area contributed by atoms with E-state index in [0.29, 0.717) is 0 Å². The molecule has 1 heterocycles. The first-order chi connectivity index (χ1) is 7.33. The topological polar surface area (TPSA) is 27.8 Å². The van der Waals surface area contributed by atoms with Crippen molar-refractivity contribution in [2.45, 2.75) is 32.4 Å². The fourth-order valence-electron chi connectivity index (χ4n) is 1.99. The molecule has 2 aromatic rings. The van der Waals surface area contributed by atoms with E-state index in [2.05, 4.69) is 41.6 Å². The van der Waals surface area contributed by atoms with Crippen LogP contribution in [0.2, 0.25) is 0 Å². The Balaban J connectivity index is 1.89. The van der Waals surface area contributed by atoms with Gasteiger partial charge in [0.25, 0.3) is 0 Å². The van der Waals surface area contributed by atoms with Crippen molar-refractivity contribution in [2.24, 2.45) is 0 Å². The minimum absolute atomic E-state index is 0.778. The highest BCUT2D eigenvalue weighted by Crippen LogP contribution is 2.22. The van der Waals surface area contributed by atoms with E-state index >= 15 is 0 Å². The summed E-state index contributed by atoms with van der Waals surface area (Å²) in [6.07, 6.45) is 4.82. The molecule has 78 valence electrons. The summed E-state index contributed by atoms with van der Waals surface area (Å²) in [7, 11) is 0. The molecule has 0 bridgehead atoms. The second-order valence-electron chi connectivity index (χ2n) is 4.52. The van der Waals surface area contributed by atoms with Crippen LogP contribution in [-0.2, 0) is 6.54 Å². The van der Waals surface area contributed by atoms with E-state index in [0.717, 1.165) is 12.6 Å². The number of hydrogen-bond acceptors (Lipinski definition) is 1. The van der Waals surface area contributed by atoms with Crippen molar-refractivity contribution in [2.75, 3.05) is 0 Å². The number of aromatic amines is 1. The van der Waals surface area contributed by atoms with Crippen LogP contribution in [0.5, 0.6) is 0 Å². The molecule has 1 fully saturated rings. The number of aromatic nitrogens is 1. The van der Waals surface area contributed by atoms with Gasteiger partial charge in [0.05, 0.1) is 0 Å². The summed E-state index contributed by atoms with van der Waals surface area (Å²) < 4.78 is 0. The summed E-state index contributed by atoms with van der Waals surface area (Å²) >= 11 is 0. The van der Waals surface area contributed by atoms with Gasteiger partial charge < -0.3 is 10.3 Å². The fourth-order valence-corrected chi connectivity index (χ4v) is 1.99. The standard InChI is InChI=1S/C13H16N2/c1-9-2-5-12-10(7-14-11-3-4-11)8-15-13(12)6-9/h2,5-6,8,11,14-15H,3-4,7H2,1H3. The Hall–Kier alpha value is -1.28. The van der Waals surface area contributed by atoms with Crippen LogP contribution >= 0.6 is 0 Å². The van der Waals surface area contributed by atoms with Crippen LogP contribution in [0.15, 0.2) is 24.4 Å². The van der Waals surface area contributed by atoms with Crippen molar-refractivity contribution in [1.29, 1.82) is 0 Å². The first-order valence-electron chi connectivity index (χ1n) is 5.63. The molecule has 0 amide bonds. The lowest BCUT2D eigenvalue weighted by molar-refractivity contribution is 0.691. The summed E-state index contributed by atoms with van der Waals surface area (Å²) in [6, 6.07) is 7.37. The van der Waals surface area contributed by atoms with Crippen molar-refractivity contribution in [3.63, 3.8) is 0 Å². The lowest BCUT2D eigenvalue weighted by atomic mass is 10.1. The lowest BCUT2D eigenvalue weighted by Gasteiger charge is -2.01. The highest BCUT2D eigenvalue weighted by molar-refractivity contribution is 5.83. The Morgan fingerprint density at radius 2 is 2.27 bits per heavy atom. The van der Waals surface area contributed by atoms with E-state index in [4.69, 9.17) is 0 Å². The zero-order chi connectivity index (χ0) is 10.3. The zero-order valence-electron chi connectivity index (χ0n) is 9.01. The average Bonchev–Trinajstić information content (AvgIpc) is 2.97. The van der Waals surface area contributed by atoms with Crippen molar-refractivity contribution >= 4 is 10.9 Å². The summed E-state index contributed by atoms with van der Waals surface area (Å²) in [5.74, 6) is 0. The quantitative estimate of drug-likeness (QED) is 0.783. The van der Waals surface area contributed by atoms with Gasteiger partial charge in [-0.3, -0.25) is 0 Å². The number of nitrogens with one attached hydrogen (secondary N) is 2. The van der Waals surface area contributed by atoms with Crippen LogP contribution in [0.4, 0.5) is 0 Å². The predicted molar refractivity (Wildman–Crippen MR) is 62.9 cm³/mol. The highest BCUT2D eigenvalue weighted by atomic mass is 14.9. The molecular weight excluding hydrogens is 184 g/mol. The predicted octanol–water partition coefficient (Wildman–Crippen LogP) is 2.73. The first kappa shape index (κ1) is 8.98. The molecule has 0 saturated heterocycles. The van der Waals surface area contributed by atoms with Gasteiger partial charge >= 0.3 is 0 Å². The molecule has 0 spiro atoms. The Morgan fingerprint density at radius 3 is 3.07 bits per heavy atom. The Kier molecular flexibility index (Phi) is 2.03. The van der Waals surface area contributed by atoms with Crippen molar-refractivity contribution in [3.8, 4) is 0 Å². The monoisotopic (exact) mass is 200 g/mol. The maximum absolute atomic E-state index is 3.55. The third kappa shape index (κ3) is 1.77.